The van der Waals surface area contributed by atoms with Crippen LogP contribution in [0.15, 0.2) is 72.9 Å². The highest BCUT2D eigenvalue weighted by Gasteiger charge is 2.37. The monoisotopic (exact) mass is 872 g/mol. The van der Waals surface area contributed by atoms with Crippen LogP contribution >= 0.6 is 11.6 Å². The quantitative estimate of drug-likeness (QED) is 0.131. The van der Waals surface area contributed by atoms with Crippen molar-refractivity contribution in [3.63, 3.8) is 0 Å². The molecule has 15 heteroatoms. The van der Waals surface area contributed by atoms with Crippen LogP contribution < -0.4 is 24.8 Å². The van der Waals surface area contributed by atoms with Gasteiger partial charge in [-0.15, -0.1) is 0 Å². The highest BCUT2D eigenvalue weighted by molar-refractivity contribution is 6.30. The maximum absolute atomic E-state index is 12.7. The lowest BCUT2D eigenvalue weighted by Gasteiger charge is -2.49. The van der Waals surface area contributed by atoms with Crippen molar-refractivity contribution in [3.05, 3.63) is 106 Å². The van der Waals surface area contributed by atoms with Crippen LogP contribution in [-0.2, 0) is 33.0 Å². The second-order valence-corrected chi connectivity index (χ2v) is 18.3. The van der Waals surface area contributed by atoms with E-state index < -0.39 is 6.04 Å². The standard InChI is InChI=1S/C48H57ClN10O4/c1-48(2,36-24-33(27-50)25-37(49)26-36)35-8-10-41(11-9-35)63-31-38-14-17-51-47(52-38)59-22-20-58(21-23-59)39-15-18-57(19-16-39)40-29-56(30-40)28-34-6-5-7-42(45(34)54(3)32-60)55(4)43-12-13-44(61)53-46(43)62/h5-11,14,17,24-26,32,39-40,43H,12-13,15-16,18-23,28-31H2,1-4H3,(H,53,61,62). The Morgan fingerprint density at radius 1 is 0.921 bits per heavy atom. The summed E-state index contributed by atoms with van der Waals surface area (Å²) in [5.41, 5.74) is 5.74. The molecule has 1 atom stereocenters. The average molecular weight is 874 g/mol. The minimum absolute atomic E-state index is 0.245. The van der Waals surface area contributed by atoms with Gasteiger partial charge in [0, 0.05) is 108 Å². The van der Waals surface area contributed by atoms with Gasteiger partial charge < -0.3 is 19.4 Å². The fraction of sp³-hybridized carbons (Fsp3) is 0.458. The summed E-state index contributed by atoms with van der Waals surface area (Å²) in [6.07, 6.45) is 5.68. The lowest BCUT2D eigenvalue weighted by molar-refractivity contribution is -0.134. The van der Waals surface area contributed by atoms with Crippen molar-refractivity contribution < 1.29 is 19.1 Å². The molecule has 3 aromatic carbocycles. The summed E-state index contributed by atoms with van der Waals surface area (Å²) in [5, 5.41) is 12.4. The number of nitriles is 1. The Kier molecular flexibility index (Phi) is 13.3. The number of nitrogens with zero attached hydrogens (tertiary/aromatic N) is 9. The summed E-state index contributed by atoms with van der Waals surface area (Å²) >= 11 is 6.31. The van der Waals surface area contributed by atoms with Crippen molar-refractivity contribution in [2.24, 2.45) is 0 Å². The van der Waals surface area contributed by atoms with E-state index in [2.05, 4.69) is 68.0 Å². The molecule has 1 aromatic heterocycles. The molecular weight excluding hydrogens is 816 g/mol. The molecule has 4 aliphatic heterocycles. The van der Waals surface area contributed by atoms with E-state index in [0.29, 0.717) is 48.7 Å². The van der Waals surface area contributed by atoms with Gasteiger partial charge in [0.2, 0.25) is 24.2 Å². The minimum Gasteiger partial charge on any atom is -0.487 e. The van der Waals surface area contributed by atoms with Crippen LogP contribution in [0.2, 0.25) is 5.02 Å². The van der Waals surface area contributed by atoms with Gasteiger partial charge in [-0.05, 0) is 78.4 Å². The maximum atomic E-state index is 12.7. The molecule has 8 rings (SSSR count). The number of likely N-dealkylation sites (N-methyl/N-ethyl adjacent to an activating group) is 1. The largest absolute Gasteiger partial charge is 0.487 e. The zero-order valence-corrected chi connectivity index (χ0v) is 37.4. The number of rotatable bonds is 14. The molecule has 5 heterocycles. The number of halogens is 1. The van der Waals surface area contributed by atoms with Crippen molar-refractivity contribution in [2.45, 2.75) is 76.2 Å². The van der Waals surface area contributed by atoms with Gasteiger partial charge in [-0.25, -0.2) is 9.97 Å². The Labute approximate surface area is 375 Å². The van der Waals surface area contributed by atoms with Crippen LogP contribution in [0.3, 0.4) is 0 Å². The van der Waals surface area contributed by atoms with E-state index in [4.69, 9.17) is 21.3 Å². The van der Waals surface area contributed by atoms with E-state index in [1.165, 1.54) is 0 Å². The number of imide groups is 1. The van der Waals surface area contributed by atoms with Crippen LogP contribution in [0.25, 0.3) is 0 Å². The van der Waals surface area contributed by atoms with Gasteiger partial charge in [-0.2, -0.15) is 5.26 Å². The van der Waals surface area contributed by atoms with Crippen LogP contribution in [0.4, 0.5) is 17.3 Å². The van der Waals surface area contributed by atoms with Crippen molar-refractivity contribution in [1.82, 2.24) is 30.0 Å². The summed E-state index contributed by atoms with van der Waals surface area (Å²) in [7, 11) is 3.61. The highest BCUT2D eigenvalue weighted by atomic mass is 35.5. The predicted octanol–water partition coefficient (Wildman–Crippen LogP) is 5.21. The predicted molar refractivity (Wildman–Crippen MR) is 244 cm³/mol. The zero-order chi connectivity index (χ0) is 44.3. The van der Waals surface area contributed by atoms with Crippen LogP contribution in [0.1, 0.15) is 67.5 Å². The van der Waals surface area contributed by atoms with Gasteiger partial charge in [-0.3, -0.25) is 34.4 Å². The number of likely N-dealkylation sites (tertiary alicyclic amines) is 2. The van der Waals surface area contributed by atoms with Crippen molar-refractivity contribution in [1.29, 1.82) is 5.26 Å². The van der Waals surface area contributed by atoms with E-state index >= 15 is 0 Å². The minimum atomic E-state index is -0.477. The molecule has 3 amide bonds. The summed E-state index contributed by atoms with van der Waals surface area (Å²) in [6.45, 7) is 13.2. The molecule has 1 N–H and O–H groups in total. The molecule has 0 saturated carbocycles. The number of piperazine rings is 1. The number of aromatic nitrogens is 2. The van der Waals surface area contributed by atoms with Gasteiger partial charge in [-0.1, -0.05) is 49.7 Å². The summed E-state index contributed by atoms with van der Waals surface area (Å²) in [4.78, 5) is 59.5. The number of amides is 3. The number of nitrogens with one attached hydrogen (secondary N) is 1. The number of para-hydroxylation sites is 1. The molecule has 0 bridgehead atoms. The smallest absolute Gasteiger partial charge is 0.249 e. The van der Waals surface area contributed by atoms with Gasteiger partial charge >= 0.3 is 0 Å². The van der Waals surface area contributed by atoms with Gasteiger partial charge in [0.1, 0.15) is 18.4 Å². The number of piperidine rings is 2. The van der Waals surface area contributed by atoms with Gasteiger partial charge in [0.25, 0.3) is 0 Å². The molecular formula is C48H57ClN10O4. The maximum Gasteiger partial charge on any atom is 0.249 e. The first-order valence-corrected chi connectivity index (χ1v) is 22.4. The molecule has 4 fully saturated rings. The van der Waals surface area contributed by atoms with Crippen molar-refractivity contribution >= 4 is 47.1 Å². The average Bonchev–Trinajstić information content (AvgIpc) is 3.29. The number of hydrogen-bond donors (Lipinski definition) is 1. The second-order valence-electron chi connectivity index (χ2n) is 17.8. The fourth-order valence-corrected chi connectivity index (χ4v) is 9.88. The fourth-order valence-electron chi connectivity index (χ4n) is 9.64. The highest BCUT2D eigenvalue weighted by Crippen LogP contribution is 2.37. The first kappa shape index (κ1) is 44.0. The first-order valence-electron chi connectivity index (χ1n) is 22.0. The van der Waals surface area contributed by atoms with Crippen LogP contribution in [0.5, 0.6) is 5.75 Å². The van der Waals surface area contributed by atoms with Crippen molar-refractivity contribution in [2.75, 3.05) is 81.2 Å². The summed E-state index contributed by atoms with van der Waals surface area (Å²) < 4.78 is 6.16. The molecule has 4 saturated heterocycles. The van der Waals surface area contributed by atoms with E-state index in [1.54, 1.807) is 18.0 Å². The van der Waals surface area contributed by atoms with Crippen LogP contribution in [-0.4, -0.2) is 127 Å². The molecule has 4 aliphatic rings. The number of carbonyl (C=O) groups is 3. The van der Waals surface area contributed by atoms with E-state index in [9.17, 15) is 19.6 Å². The summed E-state index contributed by atoms with van der Waals surface area (Å²) in [6, 6.07) is 24.3. The Morgan fingerprint density at radius 3 is 2.35 bits per heavy atom. The lowest BCUT2D eigenvalue weighted by Crippen LogP contribution is -2.62. The third kappa shape index (κ3) is 9.82. The SMILES string of the molecule is CN(C=O)c1c(CN2CC(N3CCC(N4CCN(c5nccc(COc6ccc(C(C)(C)c7cc(Cl)cc(C#N)c7)cc6)n5)CC4)CC3)C2)cccc1N(C)C1CCC(=O)NC1=O. The lowest BCUT2D eigenvalue weighted by atomic mass is 9.78. The molecule has 1 unspecified atom stereocenters. The molecule has 330 valence electrons. The number of ether oxygens (including phenoxy) is 1. The first-order chi connectivity index (χ1) is 30.4. The molecule has 63 heavy (non-hydrogen) atoms. The van der Waals surface area contributed by atoms with Crippen LogP contribution in [0, 0.1) is 11.3 Å². The van der Waals surface area contributed by atoms with Gasteiger partial charge in [0.15, 0.2) is 0 Å². The third-order valence-electron chi connectivity index (χ3n) is 13.5. The number of carbonyl (C=O) groups excluding carboxylic acids is 3. The third-order valence-corrected chi connectivity index (χ3v) is 13.8. The van der Waals surface area contributed by atoms with E-state index in [1.807, 2.05) is 60.6 Å². The summed E-state index contributed by atoms with van der Waals surface area (Å²) in [5.74, 6) is 0.951. The molecule has 0 spiro atoms. The van der Waals surface area contributed by atoms with Crippen molar-refractivity contribution in [3.8, 4) is 11.8 Å². The zero-order valence-electron chi connectivity index (χ0n) is 36.7. The Morgan fingerprint density at radius 2 is 1.65 bits per heavy atom. The number of benzene rings is 3. The molecule has 0 radical (unpaired) electrons. The topological polar surface area (TPSA) is 141 Å². The Bertz CT molecular complexity index is 2330. The number of anilines is 3. The molecule has 0 aliphatic carbocycles. The number of hydrogen-bond acceptors (Lipinski definition) is 12. The van der Waals surface area contributed by atoms with E-state index in [0.717, 1.165) is 117 Å². The Balaban J connectivity index is 0.780. The Hall–Kier alpha value is -5.59. The molecule has 14 nitrogen and oxygen atoms in total. The van der Waals surface area contributed by atoms with Gasteiger partial charge in [0.05, 0.1) is 28.7 Å². The molecule has 4 aromatic rings. The second kappa shape index (κ2) is 19.0. The normalized spacial score (nSPS) is 19.6. The van der Waals surface area contributed by atoms with E-state index in [-0.39, 0.29) is 17.2 Å².